The van der Waals surface area contributed by atoms with Crippen LogP contribution in [0, 0.1) is 18.3 Å². The van der Waals surface area contributed by atoms with E-state index >= 15 is 0 Å². The van der Waals surface area contributed by atoms with Crippen molar-refractivity contribution in [3.05, 3.63) is 27.9 Å². The molecule has 0 saturated carbocycles. The fourth-order valence-electron chi connectivity index (χ4n) is 1.08. The maximum absolute atomic E-state index is 11.7. The lowest BCUT2D eigenvalue weighted by Gasteiger charge is -2.05. The van der Waals surface area contributed by atoms with E-state index in [0.717, 1.165) is 10.8 Å². The molecule has 1 aromatic rings. The smallest absolute Gasteiger partial charge is 0.345 e. The molecule has 15 heavy (non-hydrogen) atoms. The number of nitrogens with zero attached hydrogens (tertiary/aromatic N) is 3. The van der Waals surface area contributed by atoms with Crippen molar-refractivity contribution in [1.82, 2.24) is 9.55 Å². The van der Waals surface area contributed by atoms with Crippen molar-refractivity contribution >= 4 is 5.97 Å². The van der Waals surface area contributed by atoms with Gasteiger partial charge in [0.15, 0.2) is 0 Å². The maximum atomic E-state index is 11.7. The van der Waals surface area contributed by atoms with Gasteiger partial charge in [0.05, 0.1) is 13.2 Å². The van der Waals surface area contributed by atoms with Crippen LogP contribution >= 0.6 is 0 Å². The molecule has 0 saturated heterocycles. The number of carbonyl (C=O) groups excluding carboxylic acids is 1. The normalized spacial score (nSPS) is 9.40. The third-order valence-electron chi connectivity index (χ3n) is 1.88. The van der Waals surface area contributed by atoms with Crippen LogP contribution in [0.5, 0.6) is 0 Å². The number of hydrogen-bond donors (Lipinski definition) is 0. The molecule has 0 spiro atoms. The van der Waals surface area contributed by atoms with Crippen molar-refractivity contribution in [2.24, 2.45) is 0 Å². The molecule has 0 atom stereocenters. The molecule has 0 fully saturated rings. The number of rotatable bonds is 2. The summed E-state index contributed by atoms with van der Waals surface area (Å²) in [6, 6.07) is 1.82. The number of nitriles is 1. The van der Waals surface area contributed by atoms with Crippen LogP contribution in [0.4, 0.5) is 0 Å². The van der Waals surface area contributed by atoms with Crippen molar-refractivity contribution in [2.75, 3.05) is 7.11 Å². The van der Waals surface area contributed by atoms with Gasteiger partial charge in [-0.3, -0.25) is 9.36 Å². The summed E-state index contributed by atoms with van der Waals surface area (Å²) >= 11 is 0. The zero-order valence-electron chi connectivity index (χ0n) is 8.35. The molecule has 0 aromatic carbocycles. The van der Waals surface area contributed by atoms with Gasteiger partial charge in [0, 0.05) is 6.20 Å². The minimum Gasteiger partial charge on any atom is -0.465 e. The fourth-order valence-corrected chi connectivity index (χ4v) is 1.08. The predicted molar refractivity (Wildman–Crippen MR) is 50.2 cm³/mol. The Morgan fingerprint density at radius 2 is 2.40 bits per heavy atom. The monoisotopic (exact) mass is 207 g/mol. The molecule has 0 aliphatic carbocycles. The number of carbonyl (C=O) groups is 1. The van der Waals surface area contributed by atoms with E-state index < -0.39 is 11.5 Å². The van der Waals surface area contributed by atoms with Gasteiger partial charge in [-0.2, -0.15) is 5.26 Å². The zero-order valence-corrected chi connectivity index (χ0v) is 8.35. The molecule has 0 aliphatic heterocycles. The zero-order chi connectivity index (χ0) is 11.4. The Balaban J connectivity index is 3.36. The molecule has 0 radical (unpaired) electrons. The van der Waals surface area contributed by atoms with Crippen molar-refractivity contribution in [3.63, 3.8) is 0 Å². The van der Waals surface area contributed by atoms with Gasteiger partial charge in [0.2, 0.25) is 0 Å². The average molecular weight is 207 g/mol. The minimum atomic E-state index is -0.751. The van der Waals surface area contributed by atoms with E-state index in [4.69, 9.17) is 5.26 Å². The minimum absolute atomic E-state index is 0.136. The highest BCUT2D eigenvalue weighted by Gasteiger charge is 2.14. The van der Waals surface area contributed by atoms with E-state index in [0.29, 0.717) is 5.82 Å². The molecule has 0 amide bonds. The number of ether oxygens (including phenoxy) is 1. The van der Waals surface area contributed by atoms with E-state index in [1.165, 1.54) is 7.11 Å². The van der Waals surface area contributed by atoms with Crippen molar-refractivity contribution in [3.8, 4) is 6.07 Å². The van der Waals surface area contributed by atoms with Gasteiger partial charge in [-0.25, -0.2) is 9.78 Å². The summed E-state index contributed by atoms with van der Waals surface area (Å²) in [5, 5.41) is 8.50. The van der Waals surface area contributed by atoms with E-state index in [9.17, 15) is 9.59 Å². The summed E-state index contributed by atoms with van der Waals surface area (Å²) in [6.07, 6.45) is 1.15. The standard InChI is InChI=1S/C9H9N3O3/c1-6-11-5-7(9(14)15-2)8(13)12(6)4-3-10/h5H,4H2,1-2H3. The number of hydrogen-bond acceptors (Lipinski definition) is 5. The van der Waals surface area contributed by atoms with E-state index in [2.05, 4.69) is 9.72 Å². The summed E-state index contributed by atoms with van der Waals surface area (Å²) < 4.78 is 5.53. The SMILES string of the molecule is COC(=O)c1cnc(C)n(CC#N)c1=O. The molecular weight excluding hydrogens is 198 g/mol. The third-order valence-corrected chi connectivity index (χ3v) is 1.88. The molecule has 6 heteroatoms. The van der Waals surface area contributed by atoms with Crippen LogP contribution in [0.25, 0.3) is 0 Å². The van der Waals surface area contributed by atoms with Crippen LogP contribution in [-0.4, -0.2) is 22.6 Å². The molecule has 78 valence electrons. The highest BCUT2D eigenvalue weighted by atomic mass is 16.5. The summed E-state index contributed by atoms with van der Waals surface area (Å²) in [4.78, 5) is 26.6. The van der Waals surface area contributed by atoms with Crippen molar-refractivity contribution in [2.45, 2.75) is 13.5 Å². The Morgan fingerprint density at radius 1 is 1.73 bits per heavy atom. The average Bonchev–Trinajstić information content (AvgIpc) is 2.23. The lowest BCUT2D eigenvalue weighted by Crippen LogP contribution is -2.29. The molecular formula is C9H9N3O3. The van der Waals surface area contributed by atoms with Gasteiger partial charge < -0.3 is 4.74 Å². The number of esters is 1. The highest BCUT2D eigenvalue weighted by Crippen LogP contribution is 1.95. The van der Waals surface area contributed by atoms with Gasteiger partial charge in [-0.05, 0) is 6.92 Å². The molecule has 1 heterocycles. The second-order valence-electron chi connectivity index (χ2n) is 2.76. The largest absolute Gasteiger partial charge is 0.465 e. The topological polar surface area (TPSA) is 85.0 Å². The maximum Gasteiger partial charge on any atom is 0.345 e. The number of aryl methyl sites for hydroxylation is 1. The lowest BCUT2D eigenvalue weighted by molar-refractivity contribution is 0.0597. The lowest BCUT2D eigenvalue weighted by atomic mass is 10.3. The Bertz CT molecular complexity index is 484. The van der Waals surface area contributed by atoms with Crippen LogP contribution in [0.2, 0.25) is 0 Å². The molecule has 6 nitrogen and oxygen atoms in total. The van der Waals surface area contributed by atoms with Crippen LogP contribution in [0.3, 0.4) is 0 Å². The highest BCUT2D eigenvalue weighted by molar-refractivity contribution is 5.88. The van der Waals surface area contributed by atoms with E-state index in [1.807, 2.05) is 6.07 Å². The van der Waals surface area contributed by atoms with Crippen LogP contribution < -0.4 is 5.56 Å². The van der Waals surface area contributed by atoms with Gasteiger partial charge >= 0.3 is 5.97 Å². The Kier molecular flexibility index (Phi) is 3.18. The summed E-state index contributed by atoms with van der Waals surface area (Å²) in [6.45, 7) is 1.45. The first-order chi connectivity index (χ1) is 7.11. The number of methoxy groups -OCH3 is 1. The van der Waals surface area contributed by atoms with Crippen molar-refractivity contribution in [1.29, 1.82) is 5.26 Å². The Morgan fingerprint density at radius 3 is 2.93 bits per heavy atom. The van der Waals surface area contributed by atoms with Gasteiger partial charge in [0.1, 0.15) is 17.9 Å². The predicted octanol–water partition coefficient (Wildman–Crippen LogP) is -0.138. The van der Waals surface area contributed by atoms with Gasteiger partial charge in [-0.15, -0.1) is 0 Å². The summed E-state index contributed by atoms with van der Waals surface area (Å²) in [5.74, 6) is -0.367. The number of aromatic nitrogens is 2. The summed E-state index contributed by atoms with van der Waals surface area (Å²) in [7, 11) is 1.18. The second-order valence-corrected chi connectivity index (χ2v) is 2.76. The Labute approximate surface area is 85.7 Å². The first kappa shape index (κ1) is 10.9. The molecule has 0 bridgehead atoms. The van der Waals surface area contributed by atoms with Crippen LogP contribution in [-0.2, 0) is 11.3 Å². The first-order valence-corrected chi connectivity index (χ1v) is 4.13. The van der Waals surface area contributed by atoms with E-state index in [1.54, 1.807) is 6.92 Å². The second kappa shape index (κ2) is 4.37. The fraction of sp³-hybridized carbons (Fsp3) is 0.333. The van der Waals surface area contributed by atoms with Gasteiger partial charge in [-0.1, -0.05) is 0 Å². The summed E-state index contributed by atoms with van der Waals surface area (Å²) in [5.41, 5.74) is -0.728. The quantitative estimate of drug-likeness (QED) is 0.630. The molecule has 0 aliphatic rings. The van der Waals surface area contributed by atoms with Crippen molar-refractivity contribution < 1.29 is 9.53 Å². The first-order valence-electron chi connectivity index (χ1n) is 4.13. The van der Waals surface area contributed by atoms with Gasteiger partial charge in [0.25, 0.3) is 5.56 Å². The molecule has 1 aromatic heterocycles. The molecule has 0 unspecified atom stereocenters. The third kappa shape index (κ3) is 2.02. The van der Waals surface area contributed by atoms with Crippen LogP contribution in [0.1, 0.15) is 16.2 Å². The molecule has 1 rings (SSSR count). The molecule has 0 N–H and O–H groups in total. The Hall–Kier alpha value is -2.16. The van der Waals surface area contributed by atoms with E-state index in [-0.39, 0.29) is 12.1 Å². The van der Waals surface area contributed by atoms with Crippen LogP contribution in [0.15, 0.2) is 11.0 Å².